The molecule has 0 saturated carbocycles. The maximum Gasteiger partial charge on any atom is 0.147 e. The minimum atomic E-state index is 0.547. The molecule has 0 bridgehead atoms. The molecule has 156 valence electrons. The van der Waals surface area contributed by atoms with Crippen molar-refractivity contribution in [1.82, 2.24) is 14.8 Å². The Balaban J connectivity index is 1.43. The van der Waals surface area contributed by atoms with Gasteiger partial charge in [0.1, 0.15) is 12.2 Å². The van der Waals surface area contributed by atoms with Gasteiger partial charge < -0.3 is 15.4 Å². The topological polar surface area (TPSA) is 64.0 Å². The van der Waals surface area contributed by atoms with Gasteiger partial charge in [0, 0.05) is 36.8 Å². The fourth-order valence-corrected chi connectivity index (χ4v) is 4.56. The molecule has 0 atom stereocenters. The molecule has 30 heavy (non-hydrogen) atoms. The van der Waals surface area contributed by atoms with Crippen LogP contribution in [-0.2, 0) is 24.1 Å². The second kappa shape index (κ2) is 8.48. The van der Waals surface area contributed by atoms with Crippen LogP contribution in [0.1, 0.15) is 41.3 Å². The second-order valence-electron chi connectivity index (χ2n) is 8.25. The third kappa shape index (κ3) is 4.05. The molecule has 0 amide bonds. The molecule has 1 aromatic heterocycles. The largest absolute Gasteiger partial charge is 0.383 e. The van der Waals surface area contributed by atoms with Crippen LogP contribution in [0.25, 0.3) is 0 Å². The normalized spacial score (nSPS) is 16.3. The highest BCUT2D eigenvalue weighted by Gasteiger charge is 2.22. The summed E-state index contributed by atoms with van der Waals surface area (Å²) in [5.74, 6) is 1.36. The van der Waals surface area contributed by atoms with E-state index >= 15 is 0 Å². The van der Waals surface area contributed by atoms with Crippen molar-refractivity contribution >= 4 is 17.1 Å². The first kappa shape index (κ1) is 19.1. The molecule has 0 radical (unpaired) electrons. The van der Waals surface area contributed by atoms with E-state index in [2.05, 4.69) is 57.1 Å². The van der Waals surface area contributed by atoms with Crippen molar-refractivity contribution in [2.75, 3.05) is 30.4 Å². The Morgan fingerprint density at radius 2 is 1.93 bits per heavy atom. The Hall–Kier alpha value is -2.86. The minimum absolute atomic E-state index is 0.547. The molecule has 0 aliphatic carbocycles. The third-order valence-electron chi connectivity index (χ3n) is 6.19. The van der Waals surface area contributed by atoms with E-state index in [1.807, 2.05) is 11.6 Å². The van der Waals surface area contributed by atoms with Crippen LogP contribution < -0.4 is 10.6 Å². The number of aromatic nitrogens is 3. The van der Waals surface area contributed by atoms with Crippen LogP contribution in [0.3, 0.4) is 0 Å². The van der Waals surface area contributed by atoms with Crippen molar-refractivity contribution < 1.29 is 4.74 Å². The Morgan fingerprint density at radius 3 is 2.77 bits per heavy atom. The Morgan fingerprint density at radius 1 is 1.10 bits per heavy atom. The standard InChI is InChI=1S/C24H29N5O/c1-17-26-16-29(28-17)11-10-25-24-15-23-20(14-21(24)18-8-12-30-13-9-18)7-6-19-4-2-3-5-22(19)27-23/h2-5,14-16,18,25,27H,6-13H2,1H3. The molecule has 1 fully saturated rings. The number of hydrogen-bond donors (Lipinski definition) is 2. The van der Waals surface area contributed by atoms with E-state index in [4.69, 9.17) is 4.74 Å². The molecule has 0 spiro atoms. The van der Waals surface area contributed by atoms with E-state index in [1.54, 1.807) is 6.33 Å². The Labute approximate surface area is 177 Å². The minimum Gasteiger partial charge on any atom is -0.383 e. The number of ether oxygens (including phenoxy) is 1. The van der Waals surface area contributed by atoms with Crippen molar-refractivity contribution in [3.05, 3.63) is 65.2 Å². The molecule has 2 aliphatic rings. The summed E-state index contributed by atoms with van der Waals surface area (Å²) in [5, 5.41) is 11.8. The molecular formula is C24H29N5O. The van der Waals surface area contributed by atoms with Gasteiger partial charge >= 0.3 is 0 Å². The van der Waals surface area contributed by atoms with Crippen molar-refractivity contribution in [1.29, 1.82) is 0 Å². The van der Waals surface area contributed by atoms with Crippen LogP contribution in [0.4, 0.5) is 17.1 Å². The summed E-state index contributed by atoms with van der Waals surface area (Å²) >= 11 is 0. The zero-order valence-corrected chi connectivity index (χ0v) is 17.5. The molecular weight excluding hydrogens is 374 g/mol. The lowest BCUT2D eigenvalue weighted by Crippen LogP contribution is -2.18. The maximum atomic E-state index is 5.63. The van der Waals surface area contributed by atoms with Crippen LogP contribution >= 0.6 is 0 Å². The van der Waals surface area contributed by atoms with Gasteiger partial charge in [0.25, 0.3) is 0 Å². The van der Waals surface area contributed by atoms with Gasteiger partial charge in [-0.05, 0) is 67.3 Å². The SMILES string of the molecule is Cc1ncn(CCNc2cc3c(cc2C2CCOCC2)CCc2ccccc2N3)n1. The Kier molecular flexibility index (Phi) is 5.41. The number of para-hydroxylation sites is 1. The predicted octanol–water partition coefficient (Wildman–Crippen LogP) is 4.43. The van der Waals surface area contributed by atoms with Crippen molar-refractivity contribution in [2.24, 2.45) is 0 Å². The van der Waals surface area contributed by atoms with Crippen LogP contribution in [0.15, 0.2) is 42.7 Å². The molecule has 6 nitrogen and oxygen atoms in total. The van der Waals surface area contributed by atoms with Gasteiger partial charge in [0.05, 0.1) is 6.54 Å². The third-order valence-corrected chi connectivity index (χ3v) is 6.19. The summed E-state index contributed by atoms with van der Waals surface area (Å²) in [7, 11) is 0. The molecule has 1 saturated heterocycles. The molecule has 2 N–H and O–H groups in total. The van der Waals surface area contributed by atoms with E-state index in [0.29, 0.717) is 5.92 Å². The van der Waals surface area contributed by atoms with E-state index < -0.39 is 0 Å². The van der Waals surface area contributed by atoms with Crippen molar-refractivity contribution in [3.63, 3.8) is 0 Å². The lowest BCUT2D eigenvalue weighted by molar-refractivity contribution is 0.0854. The van der Waals surface area contributed by atoms with Crippen LogP contribution in [-0.4, -0.2) is 34.5 Å². The zero-order valence-electron chi connectivity index (χ0n) is 17.5. The molecule has 0 unspecified atom stereocenters. The molecule has 6 heteroatoms. The van der Waals surface area contributed by atoms with E-state index in [1.165, 1.54) is 33.8 Å². The van der Waals surface area contributed by atoms with Crippen molar-refractivity contribution in [2.45, 2.75) is 45.1 Å². The summed E-state index contributed by atoms with van der Waals surface area (Å²) in [6, 6.07) is 13.4. The number of nitrogens with one attached hydrogen (secondary N) is 2. The number of fused-ring (bicyclic) bond motifs is 2. The summed E-state index contributed by atoms with van der Waals surface area (Å²) in [6.45, 7) is 5.23. The molecule has 2 aliphatic heterocycles. The van der Waals surface area contributed by atoms with E-state index in [9.17, 15) is 0 Å². The highest BCUT2D eigenvalue weighted by Crippen LogP contribution is 2.39. The number of nitrogens with zero attached hydrogens (tertiary/aromatic N) is 3. The van der Waals surface area contributed by atoms with Gasteiger partial charge in [-0.1, -0.05) is 24.3 Å². The highest BCUT2D eigenvalue weighted by atomic mass is 16.5. The predicted molar refractivity (Wildman–Crippen MR) is 120 cm³/mol. The second-order valence-corrected chi connectivity index (χ2v) is 8.25. The maximum absolute atomic E-state index is 5.63. The van der Waals surface area contributed by atoms with E-state index in [0.717, 1.165) is 57.8 Å². The van der Waals surface area contributed by atoms with Gasteiger partial charge in [-0.15, -0.1) is 0 Å². The first-order valence-corrected chi connectivity index (χ1v) is 11.0. The lowest BCUT2D eigenvalue weighted by Gasteiger charge is -2.26. The average molecular weight is 404 g/mol. The quantitative estimate of drug-likeness (QED) is 0.660. The number of aryl methyl sites for hydroxylation is 3. The van der Waals surface area contributed by atoms with Crippen LogP contribution in [0, 0.1) is 6.92 Å². The fourth-order valence-electron chi connectivity index (χ4n) is 4.56. The van der Waals surface area contributed by atoms with Gasteiger partial charge in [-0.3, -0.25) is 4.68 Å². The van der Waals surface area contributed by atoms with Gasteiger partial charge in [0.15, 0.2) is 0 Å². The van der Waals surface area contributed by atoms with Crippen LogP contribution in [0.2, 0.25) is 0 Å². The summed E-state index contributed by atoms with van der Waals surface area (Å²) in [5.41, 5.74) is 7.89. The monoisotopic (exact) mass is 403 g/mol. The highest BCUT2D eigenvalue weighted by molar-refractivity contribution is 5.74. The zero-order chi connectivity index (χ0) is 20.3. The number of rotatable bonds is 5. The van der Waals surface area contributed by atoms with Crippen molar-refractivity contribution in [3.8, 4) is 0 Å². The Bertz CT molecular complexity index is 1020. The molecule has 5 rings (SSSR count). The van der Waals surface area contributed by atoms with Gasteiger partial charge in [0.2, 0.25) is 0 Å². The van der Waals surface area contributed by atoms with E-state index in [-0.39, 0.29) is 0 Å². The number of anilines is 3. The van der Waals surface area contributed by atoms with Crippen LogP contribution in [0.5, 0.6) is 0 Å². The first-order chi connectivity index (χ1) is 14.8. The summed E-state index contributed by atoms with van der Waals surface area (Å²) in [4.78, 5) is 4.22. The first-order valence-electron chi connectivity index (χ1n) is 11.0. The fraction of sp³-hybridized carbons (Fsp3) is 0.417. The smallest absolute Gasteiger partial charge is 0.147 e. The van der Waals surface area contributed by atoms with Gasteiger partial charge in [-0.2, -0.15) is 5.10 Å². The lowest BCUT2D eigenvalue weighted by atomic mass is 9.88. The number of hydrogen-bond acceptors (Lipinski definition) is 5. The molecule has 3 aromatic rings. The number of benzene rings is 2. The molecule has 3 heterocycles. The summed E-state index contributed by atoms with van der Waals surface area (Å²) < 4.78 is 7.52. The average Bonchev–Trinajstić information content (AvgIpc) is 3.10. The molecule has 2 aromatic carbocycles. The van der Waals surface area contributed by atoms with Gasteiger partial charge in [-0.25, -0.2) is 4.98 Å². The summed E-state index contributed by atoms with van der Waals surface area (Å²) in [6.07, 6.45) is 6.11.